The number of carbonyl (C=O) groups excluding carboxylic acids is 1. The Bertz CT molecular complexity index is 947. The maximum Gasteiger partial charge on any atom is 0.416 e. The Morgan fingerprint density at radius 1 is 0.929 bits per heavy atom. The van der Waals surface area contributed by atoms with Crippen molar-refractivity contribution in [3.8, 4) is 10.6 Å². The third-order valence-electron chi connectivity index (χ3n) is 3.34. The van der Waals surface area contributed by atoms with E-state index < -0.39 is 35.2 Å². The minimum Gasteiger partial charge on any atom is -0.308 e. The minimum atomic E-state index is -5.00. The molecule has 0 radical (unpaired) electrons. The number of rotatable bonds is 3. The van der Waals surface area contributed by atoms with Gasteiger partial charge < -0.3 is 5.32 Å². The van der Waals surface area contributed by atoms with Crippen molar-refractivity contribution >= 4 is 39.5 Å². The van der Waals surface area contributed by atoms with Crippen LogP contribution in [0.25, 0.3) is 10.6 Å². The van der Waals surface area contributed by atoms with E-state index in [0.29, 0.717) is 17.8 Å². The molecule has 0 aliphatic rings. The van der Waals surface area contributed by atoms with E-state index in [9.17, 15) is 31.1 Å². The van der Waals surface area contributed by atoms with Gasteiger partial charge in [-0.2, -0.15) is 26.3 Å². The average Bonchev–Trinajstić information content (AvgIpc) is 3.23. The highest BCUT2D eigenvalue weighted by Crippen LogP contribution is 2.37. The fraction of sp³-hybridized carbons (Fsp3) is 0.125. The van der Waals surface area contributed by atoms with Gasteiger partial charge in [0, 0.05) is 11.1 Å². The molecule has 0 atom stereocenters. The van der Waals surface area contributed by atoms with Crippen LogP contribution >= 0.6 is 22.7 Å². The second-order valence-corrected chi connectivity index (χ2v) is 7.19. The Kier molecular flexibility index (Phi) is 5.35. The minimum absolute atomic E-state index is 0.0167. The van der Waals surface area contributed by atoms with Crippen LogP contribution in [0.1, 0.15) is 11.1 Å². The predicted molar refractivity (Wildman–Crippen MR) is 94.5 cm³/mol. The highest BCUT2D eigenvalue weighted by Gasteiger charge is 2.37. The lowest BCUT2D eigenvalue weighted by atomic mass is 10.1. The fourth-order valence-corrected chi connectivity index (χ4v) is 3.62. The molecule has 2 aromatic heterocycles. The normalized spacial score (nSPS) is 12.1. The molecule has 2 N–H and O–H groups in total. The maximum absolute atomic E-state index is 12.9. The van der Waals surface area contributed by atoms with Gasteiger partial charge in [0.05, 0.1) is 21.7 Å². The third kappa shape index (κ3) is 4.81. The van der Waals surface area contributed by atoms with E-state index in [2.05, 4.69) is 10.3 Å². The molecule has 1 aromatic carbocycles. The van der Waals surface area contributed by atoms with Gasteiger partial charge in [-0.25, -0.2) is 9.78 Å². The first-order valence-corrected chi connectivity index (χ1v) is 9.15. The Labute approximate surface area is 161 Å². The van der Waals surface area contributed by atoms with Gasteiger partial charge in [0.2, 0.25) is 0 Å². The number of amides is 2. The van der Waals surface area contributed by atoms with Crippen molar-refractivity contribution in [2.45, 2.75) is 12.4 Å². The number of thiazole rings is 1. The Morgan fingerprint density at radius 3 is 2.11 bits per heavy atom. The van der Waals surface area contributed by atoms with Crippen LogP contribution in [0, 0.1) is 0 Å². The Balaban J connectivity index is 1.78. The molecule has 0 bridgehead atoms. The number of anilines is 2. The third-order valence-corrected chi connectivity index (χ3v) is 4.99. The number of nitrogens with one attached hydrogen (secondary N) is 2. The summed E-state index contributed by atoms with van der Waals surface area (Å²) in [6, 6.07) is 3.44. The zero-order valence-corrected chi connectivity index (χ0v) is 15.1. The summed E-state index contributed by atoms with van der Waals surface area (Å²) in [5, 5.41) is 7.90. The molecule has 2 heterocycles. The van der Waals surface area contributed by atoms with Gasteiger partial charge in [-0.3, -0.25) is 5.32 Å². The zero-order chi connectivity index (χ0) is 20.5. The first-order valence-electron chi connectivity index (χ1n) is 7.39. The van der Waals surface area contributed by atoms with Gasteiger partial charge in [0.15, 0.2) is 5.13 Å². The topological polar surface area (TPSA) is 54.0 Å². The van der Waals surface area contributed by atoms with Crippen LogP contribution in [0.5, 0.6) is 0 Å². The molecule has 0 fully saturated rings. The molecule has 0 unspecified atom stereocenters. The quantitative estimate of drug-likeness (QED) is 0.457. The summed E-state index contributed by atoms with van der Waals surface area (Å²) in [7, 11) is 0. The molecule has 4 nitrogen and oxygen atoms in total. The van der Waals surface area contributed by atoms with Crippen LogP contribution < -0.4 is 10.6 Å². The van der Waals surface area contributed by atoms with Crippen molar-refractivity contribution in [1.82, 2.24) is 4.98 Å². The fourth-order valence-electron chi connectivity index (χ4n) is 2.16. The van der Waals surface area contributed by atoms with Crippen molar-refractivity contribution in [3.05, 3.63) is 52.2 Å². The monoisotopic (exact) mass is 437 g/mol. The van der Waals surface area contributed by atoms with Crippen LogP contribution in [0.15, 0.2) is 41.1 Å². The first kappa shape index (κ1) is 20.1. The molecule has 3 aromatic rings. The van der Waals surface area contributed by atoms with Gasteiger partial charge in [-0.1, -0.05) is 6.07 Å². The van der Waals surface area contributed by atoms with Crippen molar-refractivity contribution in [1.29, 1.82) is 0 Å². The van der Waals surface area contributed by atoms with E-state index in [0.717, 1.165) is 16.2 Å². The van der Waals surface area contributed by atoms with E-state index in [1.54, 1.807) is 5.38 Å². The number of hydrogen-bond acceptors (Lipinski definition) is 4. The van der Waals surface area contributed by atoms with Crippen molar-refractivity contribution in [2.24, 2.45) is 0 Å². The number of thiophene rings is 1. The van der Waals surface area contributed by atoms with Crippen molar-refractivity contribution in [2.75, 3.05) is 10.6 Å². The molecule has 0 aliphatic heterocycles. The lowest BCUT2D eigenvalue weighted by Crippen LogP contribution is -2.20. The lowest BCUT2D eigenvalue weighted by Gasteiger charge is -2.14. The second-order valence-electron chi connectivity index (χ2n) is 5.39. The molecule has 0 saturated heterocycles. The Morgan fingerprint density at radius 2 is 1.57 bits per heavy atom. The van der Waals surface area contributed by atoms with Crippen LogP contribution in [0.4, 0.5) is 42.0 Å². The number of benzene rings is 1. The predicted octanol–water partition coefficient (Wildman–Crippen LogP) is 6.55. The van der Waals surface area contributed by atoms with E-state index in [1.165, 1.54) is 11.3 Å². The van der Waals surface area contributed by atoms with Gasteiger partial charge in [-0.05, 0) is 29.6 Å². The molecule has 148 valence electrons. The number of urea groups is 1. The van der Waals surface area contributed by atoms with Crippen molar-refractivity contribution in [3.63, 3.8) is 0 Å². The summed E-state index contributed by atoms with van der Waals surface area (Å²) in [5.41, 5.74) is -3.10. The molecule has 0 spiro atoms. The number of aromatic nitrogens is 1. The number of hydrogen-bond donors (Lipinski definition) is 2. The summed E-state index contributed by atoms with van der Waals surface area (Å²) >= 11 is 2.49. The van der Waals surface area contributed by atoms with Gasteiger partial charge >= 0.3 is 18.4 Å². The Hall–Kier alpha value is -2.60. The number of carbonyl (C=O) groups is 1. The highest BCUT2D eigenvalue weighted by atomic mass is 32.1. The van der Waals surface area contributed by atoms with Crippen LogP contribution in [0.2, 0.25) is 0 Å². The van der Waals surface area contributed by atoms with E-state index >= 15 is 0 Å². The maximum atomic E-state index is 12.9. The molecular formula is C16H9F6N3OS2. The van der Waals surface area contributed by atoms with Crippen LogP contribution in [-0.2, 0) is 12.4 Å². The zero-order valence-electron chi connectivity index (χ0n) is 13.5. The number of halogens is 6. The van der Waals surface area contributed by atoms with E-state index in [-0.39, 0.29) is 11.2 Å². The summed E-state index contributed by atoms with van der Waals surface area (Å²) in [4.78, 5) is 17.0. The summed E-state index contributed by atoms with van der Waals surface area (Å²) in [6.07, 6.45) is -10.0. The summed E-state index contributed by atoms with van der Waals surface area (Å²) in [6.45, 7) is 0. The smallest absolute Gasteiger partial charge is 0.308 e. The standard InChI is InChI=1S/C16H9F6N3OS2/c17-15(18,19)8-4-9(16(20,21)22)6-10(5-8)23-13(26)25-14-24-11(7-28-14)12-2-1-3-27-12/h1-7H,(H2,23,24,25,26). The molecule has 28 heavy (non-hydrogen) atoms. The second kappa shape index (κ2) is 7.43. The first-order chi connectivity index (χ1) is 13.0. The van der Waals surface area contributed by atoms with Gasteiger partial charge in [0.25, 0.3) is 0 Å². The van der Waals surface area contributed by atoms with Crippen LogP contribution in [-0.4, -0.2) is 11.0 Å². The molecule has 0 saturated carbocycles. The summed E-state index contributed by atoms with van der Waals surface area (Å²) < 4.78 is 77.1. The molecule has 0 aliphatic carbocycles. The van der Waals surface area contributed by atoms with Gasteiger partial charge in [0.1, 0.15) is 0 Å². The molecule has 12 heteroatoms. The number of alkyl halides is 6. The van der Waals surface area contributed by atoms with Crippen molar-refractivity contribution < 1.29 is 31.1 Å². The summed E-state index contributed by atoms with van der Waals surface area (Å²) in [5.74, 6) is 0. The average molecular weight is 437 g/mol. The van der Waals surface area contributed by atoms with E-state index in [1.807, 2.05) is 22.8 Å². The largest absolute Gasteiger partial charge is 0.416 e. The highest BCUT2D eigenvalue weighted by molar-refractivity contribution is 7.16. The molecule has 2 amide bonds. The molecular weight excluding hydrogens is 428 g/mol. The SMILES string of the molecule is O=C(Nc1cc(C(F)(F)F)cc(C(F)(F)F)c1)Nc1nc(-c2cccs2)cs1. The molecule has 3 rings (SSSR count). The van der Waals surface area contributed by atoms with Gasteiger partial charge in [-0.15, -0.1) is 22.7 Å². The lowest BCUT2D eigenvalue weighted by molar-refractivity contribution is -0.143. The van der Waals surface area contributed by atoms with E-state index in [4.69, 9.17) is 0 Å². The number of nitrogens with zero attached hydrogens (tertiary/aromatic N) is 1. The van der Waals surface area contributed by atoms with Crippen LogP contribution in [0.3, 0.4) is 0 Å².